The van der Waals surface area contributed by atoms with Gasteiger partial charge in [0, 0.05) is 16.0 Å². The normalized spacial score (nSPS) is 24.5. The van der Waals surface area contributed by atoms with Crippen molar-refractivity contribution in [3.05, 3.63) is 69.7 Å². The van der Waals surface area contributed by atoms with Crippen molar-refractivity contribution in [1.29, 1.82) is 0 Å². The first-order chi connectivity index (χ1) is 16.5. The molecule has 0 radical (unpaired) electrons. The number of benzene rings is 2. The lowest BCUT2D eigenvalue weighted by Gasteiger charge is -2.51. The molecule has 1 N–H and O–H groups in total. The highest BCUT2D eigenvalue weighted by Gasteiger charge is 2.52. The molecule has 1 amide bonds. The van der Waals surface area contributed by atoms with Gasteiger partial charge in [-0.1, -0.05) is 61.3 Å². The van der Waals surface area contributed by atoms with Gasteiger partial charge < -0.3 is 14.6 Å². The van der Waals surface area contributed by atoms with E-state index < -0.39 is 22.6 Å². The number of hydrogen-bond acceptors (Lipinski definition) is 3. The van der Waals surface area contributed by atoms with Gasteiger partial charge in [-0.05, 0) is 73.3 Å². The van der Waals surface area contributed by atoms with E-state index in [9.17, 15) is 19.2 Å². The fourth-order valence-electron chi connectivity index (χ4n) is 5.06. The molecule has 1 fully saturated rings. The van der Waals surface area contributed by atoms with Gasteiger partial charge in [0.15, 0.2) is 0 Å². The van der Waals surface area contributed by atoms with Gasteiger partial charge in [0.2, 0.25) is 5.91 Å². The lowest BCUT2D eigenvalue weighted by atomic mass is 9.67. The molecule has 2 aromatic rings. The molecule has 190 valence electrons. The van der Waals surface area contributed by atoms with E-state index in [0.717, 1.165) is 11.1 Å². The van der Waals surface area contributed by atoms with E-state index in [-0.39, 0.29) is 35.6 Å². The number of aliphatic carboxylic acids is 1. The Morgan fingerprint density at radius 3 is 2.37 bits per heavy atom. The number of carbonyl (C=O) groups is 2. The number of piperidine rings is 1. The summed E-state index contributed by atoms with van der Waals surface area (Å²) in [6.45, 7) is 7.52. The minimum atomic E-state index is -1.14. The van der Waals surface area contributed by atoms with Gasteiger partial charge in [-0.15, -0.1) is 0 Å². The molecule has 2 aromatic carbocycles. The standard InChI is InChI=1S/C27H33Cl2NO4S/c1-5-22(16-35(34)17(2)3)30-25(18-9-11-20(28)12-10-18)23(19-7-6-8-21(29)13-19)14-27(4,26(30)33)15-24(31)32/h6-13,17,22-23,25H,5,14-16H2,1-4H3,(H,31,32)/t22-,23+,25+,27+,35-/m0/s1. The Morgan fingerprint density at radius 2 is 1.83 bits per heavy atom. The zero-order valence-electron chi connectivity index (χ0n) is 20.5. The molecule has 1 saturated heterocycles. The monoisotopic (exact) mass is 537 g/mol. The summed E-state index contributed by atoms with van der Waals surface area (Å²) in [7, 11) is 0. The van der Waals surface area contributed by atoms with Crippen LogP contribution in [-0.2, 0) is 20.8 Å². The SMILES string of the molecule is CC[C@@H](C[S@+]([O-])C(C)C)N1C(=O)[C@@](C)(CC(=O)O)C[C@H](c2cccc(Cl)c2)[C@H]1c1ccc(Cl)cc1. The fraction of sp³-hybridized carbons (Fsp3) is 0.481. The molecule has 1 aliphatic rings. The maximum atomic E-state index is 14.1. The highest BCUT2D eigenvalue weighted by Crippen LogP contribution is 2.52. The fourth-order valence-corrected chi connectivity index (χ4v) is 6.54. The largest absolute Gasteiger partial charge is 0.616 e. The van der Waals surface area contributed by atoms with Crippen LogP contribution in [0.25, 0.3) is 0 Å². The van der Waals surface area contributed by atoms with Gasteiger partial charge in [-0.3, -0.25) is 9.59 Å². The Bertz CT molecular complexity index is 1050. The molecule has 3 rings (SSSR count). The van der Waals surface area contributed by atoms with Crippen molar-refractivity contribution in [2.45, 2.75) is 70.2 Å². The van der Waals surface area contributed by atoms with Crippen molar-refractivity contribution in [2.24, 2.45) is 5.41 Å². The summed E-state index contributed by atoms with van der Waals surface area (Å²) in [6.07, 6.45) is 0.669. The van der Waals surface area contributed by atoms with E-state index in [4.69, 9.17) is 23.2 Å². The van der Waals surface area contributed by atoms with Crippen molar-refractivity contribution in [2.75, 3.05) is 5.75 Å². The molecule has 0 aliphatic carbocycles. The molecular weight excluding hydrogens is 505 g/mol. The van der Waals surface area contributed by atoms with Crippen LogP contribution in [0.15, 0.2) is 48.5 Å². The Labute approximate surface area is 221 Å². The third-order valence-corrected chi connectivity index (χ3v) is 9.13. The smallest absolute Gasteiger partial charge is 0.304 e. The van der Waals surface area contributed by atoms with E-state index in [0.29, 0.717) is 28.6 Å². The summed E-state index contributed by atoms with van der Waals surface area (Å²) in [5, 5.41) is 10.8. The van der Waals surface area contributed by atoms with Crippen LogP contribution in [0, 0.1) is 5.41 Å². The number of carboxylic acid groups (broad SMARTS) is 1. The van der Waals surface area contributed by atoms with Crippen LogP contribution in [0.3, 0.4) is 0 Å². The van der Waals surface area contributed by atoms with Gasteiger partial charge in [-0.2, -0.15) is 0 Å². The molecule has 8 heteroatoms. The average Bonchev–Trinajstić information content (AvgIpc) is 2.79. The zero-order valence-corrected chi connectivity index (χ0v) is 22.9. The number of hydrogen-bond donors (Lipinski definition) is 1. The van der Waals surface area contributed by atoms with E-state index in [2.05, 4.69) is 0 Å². The molecule has 0 aromatic heterocycles. The maximum absolute atomic E-state index is 14.1. The lowest BCUT2D eigenvalue weighted by molar-refractivity contribution is -0.160. The highest BCUT2D eigenvalue weighted by molar-refractivity contribution is 7.92. The van der Waals surface area contributed by atoms with Crippen LogP contribution in [0.2, 0.25) is 10.0 Å². The Kier molecular flexibility index (Phi) is 9.19. The van der Waals surface area contributed by atoms with Crippen molar-refractivity contribution in [3.63, 3.8) is 0 Å². The molecule has 0 unspecified atom stereocenters. The molecular formula is C27H33Cl2NO4S. The molecule has 35 heavy (non-hydrogen) atoms. The first kappa shape index (κ1) is 27.9. The minimum absolute atomic E-state index is 0.0490. The number of rotatable bonds is 9. The highest BCUT2D eigenvalue weighted by atomic mass is 35.5. The maximum Gasteiger partial charge on any atom is 0.304 e. The number of nitrogens with zero attached hydrogens (tertiary/aromatic N) is 1. The number of halogens is 2. The number of carboxylic acids is 1. The molecule has 0 bridgehead atoms. The molecule has 1 aliphatic heterocycles. The Morgan fingerprint density at radius 1 is 1.17 bits per heavy atom. The Balaban J connectivity index is 2.22. The van der Waals surface area contributed by atoms with E-state index in [1.807, 2.05) is 56.0 Å². The van der Waals surface area contributed by atoms with Gasteiger partial charge >= 0.3 is 5.97 Å². The third-order valence-electron chi connectivity index (χ3n) is 6.88. The van der Waals surface area contributed by atoms with Gasteiger partial charge in [0.05, 0.1) is 23.9 Å². The molecule has 0 spiro atoms. The van der Waals surface area contributed by atoms with Crippen LogP contribution >= 0.6 is 23.2 Å². The van der Waals surface area contributed by atoms with Crippen LogP contribution in [0.1, 0.15) is 70.0 Å². The van der Waals surface area contributed by atoms with Crippen molar-refractivity contribution < 1.29 is 19.2 Å². The second-order valence-electron chi connectivity index (χ2n) is 9.86. The topological polar surface area (TPSA) is 80.7 Å². The van der Waals surface area contributed by atoms with Crippen LogP contribution < -0.4 is 0 Å². The summed E-state index contributed by atoms with van der Waals surface area (Å²) in [4.78, 5) is 27.8. The molecule has 5 nitrogen and oxygen atoms in total. The minimum Gasteiger partial charge on any atom is -0.616 e. The number of carbonyl (C=O) groups excluding carboxylic acids is 1. The summed E-state index contributed by atoms with van der Waals surface area (Å²) in [6, 6.07) is 14.3. The van der Waals surface area contributed by atoms with E-state index in [1.165, 1.54) is 0 Å². The first-order valence-electron chi connectivity index (χ1n) is 11.9. The number of likely N-dealkylation sites (tertiary alicyclic amines) is 1. The first-order valence-corrected chi connectivity index (χ1v) is 14.0. The van der Waals surface area contributed by atoms with Gasteiger partial charge in [0.25, 0.3) is 0 Å². The zero-order chi connectivity index (χ0) is 25.9. The summed E-state index contributed by atoms with van der Waals surface area (Å²) in [5.74, 6) is -1.12. The van der Waals surface area contributed by atoms with Crippen molar-refractivity contribution in [1.82, 2.24) is 4.90 Å². The summed E-state index contributed by atoms with van der Waals surface area (Å²) < 4.78 is 12.9. The van der Waals surface area contributed by atoms with Crippen LogP contribution in [0.4, 0.5) is 0 Å². The molecule has 1 heterocycles. The average molecular weight is 539 g/mol. The third kappa shape index (κ3) is 6.34. The van der Waals surface area contributed by atoms with Gasteiger partial charge in [-0.25, -0.2) is 0 Å². The van der Waals surface area contributed by atoms with Crippen molar-refractivity contribution in [3.8, 4) is 0 Å². The Hall–Kier alpha value is -1.73. The van der Waals surface area contributed by atoms with E-state index in [1.54, 1.807) is 25.1 Å². The predicted octanol–water partition coefficient (Wildman–Crippen LogP) is 6.47. The lowest BCUT2D eigenvalue weighted by Crippen LogP contribution is -2.57. The summed E-state index contributed by atoms with van der Waals surface area (Å²) in [5.41, 5.74) is 0.722. The number of amides is 1. The van der Waals surface area contributed by atoms with Gasteiger partial charge in [0.1, 0.15) is 11.0 Å². The summed E-state index contributed by atoms with van der Waals surface area (Å²) >= 11 is 11.4. The van der Waals surface area contributed by atoms with E-state index >= 15 is 0 Å². The quantitative estimate of drug-likeness (QED) is 0.371. The van der Waals surface area contributed by atoms with Crippen molar-refractivity contribution >= 4 is 46.3 Å². The molecule has 5 atom stereocenters. The second-order valence-corrected chi connectivity index (χ2v) is 12.8. The van der Waals surface area contributed by atoms with Crippen LogP contribution in [-0.4, -0.2) is 43.5 Å². The second kappa shape index (κ2) is 11.5. The van der Waals surface area contributed by atoms with Crippen LogP contribution in [0.5, 0.6) is 0 Å². The predicted molar refractivity (Wildman–Crippen MR) is 142 cm³/mol. The molecule has 0 saturated carbocycles.